The average Bonchev–Trinajstić information content (AvgIpc) is 2.80. The van der Waals surface area contributed by atoms with Crippen molar-refractivity contribution in [2.45, 2.75) is 0 Å². The standard InChI is InChI=1S/C5H5N.C3H4N2.BH3O2/c1-2-4-6-5-3-1;1-2-5-3-4-1;2-1-3/h1-5H;1-3H,(H,4,5);1-3H. The minimum absolute atomic E-state index is 0.750. The van der Waals surface area contributed by atoms with Gasteiger partial charge in [0.2, 0.25) is 0 Å². The van der Waals surface area contributed by atoms with Crippen LogP contribution in [0.15, 0.2) is 49.3 Å². The molecule has 0 aliphatic rings. The molecular formula is C8H12BN3O2. The van der Waals surface area contributed by atoms with E-state index in [0.717, 1.165) is 0 Å². The van der Waals surface area contributed by atoms with Crippen molar-refractivity contribution in [3.63, 3.8) is 0 Å². The van der Waals surface area contributed by atoms with E-state index in [9.17, 15) is 0 Å². The van der Waals surface area contributed by atoms with Gasteiger partial charge in [-0.1, -0.05) is 6.07 Å². The number of pyridine rings is 1. The SMILES string of the molecule is OBO.c1c[nH]cn1.c1ccncc1. The molecule has 2 aromatic rings. The molecule has 0 spiro atoms. The van der Waals surface area contributed by atoms with Crippen molar-refractivity contribution in [1.29, 1.82) is 0 Å². The van der Waals surface area contributed by atoms with Crippen LogP contribution in [0, 0.1) is 0 Å². The van der Waals surface area contributed by atoms with Crippen LogP contribution in [-0.2, 0) is 0 Å². The van der Waals surface area contributed by atoms with Gasteiger partial charge in [-0.25, -0.2) is 4.98 Å². The summed E-state index contributed by atoms with van der Waals surface area (Å²) in [7, 11) is -0.750. The van der Waals surface area contributed by atoms with Gasteiger partial charge in [-0.15, -0.1) is 0 Å². The van der Waals surface area contributed by atoms with Crippen LogP contribution in [-0.4, -0.2) is 32.7 Å². The second-order valence-corrected chi connectivity index (χ2v) is 1.93. The summed E-state index contributed by atoms with van der Waals surface area (Å²) in [5.41, 5.74) is 0. The molecule has 0 amide bonds. The van der Waals surface area contributed by atoms with Gasteiger partial charge in [-0.2, -0.15) is 0 Å². The molecule has 2 aromatic heterocycles. The number of H-pyrrole nitrogens is 1. The molecule has 74 valence electrons. The summed E-state index contributed by atoms with van der Waals surface area (Å²) in [6.45, 7) is 0. The highest BCUT2D eigenvalue weighted by Crippen LogP contribution is 1.73. The van der Waals surface area contributed by atoms with Crippen molar-refractivity contribution in [2.24, 2.45) is 0 Å². The van der Waals surface area contributed by atoms with E-state index < -0.39 is 7.69 Å². The fourth-order valence-corrected chi connectivity index (χ4v) is 0.528. The Balaban J connectivity index is 0.000000193. The Morgan fingerprint density at radius 2 is 1.57 bits per heavy atom. The second kappa shape index (κ2) is 11.3. The Bertz CT molecular complexity index is 221. The summed E-state index contributed by atoms with van der Waals surface area (Å²) in [6.07, 6.45) is 8.58. The molecule has 0 fully saturated rings. The molecule has 14 heavy (non-hydrogen) atoms. The topological polar surface area (TPSA) is 82.0 Å². The van der Waals surface area contributed by atoms with Crippen LogP contribution in [0.3, 0.4) is 0 Å². The Kier molecular flexibility index (Phi) is 10.0. The third-order valence-corrected chi connectivity index (χ3v) is 0.972. The second-order valence-electron chi connectivity index (χ2n) is 1.93. The lowest BCUT2D eigenvalue weighted by atomic mass is 10.5. The van der Waals surface area contributed by atoms with E-state index in [2.05, 4.69) is 15.0 Å². The van der Waals surface area contributed by atoms with Crippen molar-refractivity contribution in [1.82, 2.24) is 15.0 Å². The minimum atomic E-state index is -0.750. The van der Waals surface area contributed by atoms with Crippen LogP contribution < -0.4 is 0 Å². The van der Waals surface area contributed by atoms with E-state index in [1.165, 1.54) is 0 Å². The molecule has 0 radical (unpaired) electrons. The summed E-state index contributed by atoms with van der Waals surface area (Å²) in [5.74, 6) is 0. The van der Waals surface area contributed by atoms with Crippen LogP contribution in [0.5, 0.6) is 0 Å². The molecule has 0 saturated carbocycles. The van der Waals surface area contributed by atoms with E-state index in [1.54, 1.807) is 31.1 Å². The average molecular weight is 193 g/mol. The first-order valence-corrected chi connectivity index (χ1v) is 3.91. The number of nitrogens with zero attached hydrogens (tertiary/aromatic N) is 2. The third kappa shape index (κ3) is 10.3. The Morgan fingerprint density at radius 1 is 0.929 bits per heavy atom. The van der Waals surface area contributed by atoms with Gasteiger partial charge in [0.1, 0.15) is 0 Å². The number of nitrogens with one attached hydrogen (secondary N) is 1. The molecule has 0 atom stereocenters. The number of imidazole rings is 1. The maximum Gasteiger partial charge on any atom is 0.432 e. The maximum atomic E-state index is 7.12. The summed E-state index contributed by atoms with van der Waals surface area (Å²) in [5, 5.41) is 14.2. The maximum absolute atomic E-state index is 7.12. The monoisotopic (exact) mass is 193 g/mol. The van der Waals surface area contributed by atoms with E-state index in [1.807, 2.05) is 18.2 Å². The first-order valence-electron chi connectivity index (χ1n) is 3.91. The van der Waals surface area contributed by atoms with Gasteiger partial charge in [0.05, 0.1) is 6.33 Å². The van der Waals surface area contributed by atoms with Crippen molar-refractivity contribution >= 4 is 7.69 Å². The largest absolute Gasteiger partial charge is 0.432 e. The van der Waals surface area contributed by atoms with Crippen LogP contribution in [0.1, 0.15) is 0 Å². The molecule has 0 unspecified atom stereocenters. The molecule has 2 heterocycles. The summed E-state index contributed by atoms with van der Waals surface area (Å²) in [4.78, 5) is 10.2. The van der Waals surface area contributed by atoms with Crippen molar-refractivity contribution in [2.75, 3.05) is 0 Å². The van der Waals surface area contributed by atoms with Gasteiger partial charge in [-0.3, -0.25) is 4.98 Å². The van der Waals surface area contributed by atoms with Gasteiger partial charge >= 0.3 is 7.69 Å². The lowest BCUT2D eigenvalue weighted by Gasteiger charge is -1.70. The fourth-order valence-electron chi connectivity index (χ4n) is 0.528. The highest BCUT2D eigenvalue weighted by molar-refractivity contribution is 6.13. The minimum Gasteiger partial charge on any atom is -0.430 e. The van der Waals surface area contributed by atoms with Gasteiger partial charge in [0, 0.05) is 24.8 Å². The Morgan fingerprint density at radius 3 is 1.71 bits per heavy atom. The number of rotatable bonds is 0. The lowest BCUT2D eigenvalue weighted by Crippen LogP contribution is -1.75. The normalized spacial score (nSPS) is 7.29. The quantitative estimate of drug-likeness (QED) is 0.503. The van der Waals surface area contributed by atoms with E-state index >= 15 is 0 Å². The summed E-state index contributed by atoms with van der Waals surface area (Å²) >= 11 is 0. The first-order chi connectivity index (χ1) is 6.91. The molecule has 0 bridgehead atoms. The number of aromatic nitrogens is 3. The molecule has 2 rings (SSSR count). The third-order valence-electron chi connectivity index (χ3n) is 0.972. The fraction of sp³-hybridized carbons (Fsp3) is 0. The lowest BCUT2D eigenvalue weighted by molar-refractivity contribution is 0.448. The first kappa shape index (κ1) is 12.3. The van der Waals surface area contributed by atoms with Crippen molar-refractivity contribution in [3.8, 4) is 0 Å². The molecule has 5 nitrogen and oxygen atoms in total. The molecule has 0 aliphatic carbocycles. The molecule has 0 aromatic carbocycles. The zero-order chi connectivity index (χ0) is 10.5. The smallest absolute Gasteiger partial charge is 0.430 e. The van der Waals surface area contributed by atoms with E-state index in [0.29, 0.717) is 0 Å². The Hall–Kier alpha value is -1.66. The van der Waals surface area contributed by atoms with Gasteiger partial charge in [0.25, 0.3) is 0 Å². The predicted molar refractivity (Wildman–Crippen MR) is 54.4 cm³/mol. The predicted octanol–water partition coefficient (Wildman–Crippen LogP) is -0.271. The molecule has 0 saturated heterocycles. The number of hydrogen-bond donors (Lipinski definition) is 3. The summed E-state index contributed by atoms with van der Waals surface area (Å²) in [6, 6.07) is 5.72. The Labute approximate surface area is 82.8 Å². The van der Waals surface area contributed by atoms with Crippen molar-refractivity contribution < 1.29 is 10.0 Å². The number of aromatic amines is 1. The van der Waals surface area contributed by atoms with Gasteiger partial charge in [0.15, 0.2) is 0 Å². The molecule has 3 N–H and O–H groups in total. The van der Waals surface area contributed by atoms with Crippen LogP contribution >= 0.6 is 0 Å². The van der Waals surface area contributed by atoms with Gasteiger partial charge in [-0.05, 0) is 12.1 Å². The van der Waals surface area contributed by atoms with E-state index in [-0.39, 0.29) is 0 Å². The molecule has 0 aliphatic heterocycles. The zero-order valence-corrected chi connectivity index (χ0v) is 7.61. The highest BCUT2D eigenvalue weighted by Gasteiger charge is 1.58. The molecule has 6 heteroatoms. The van der Waals surface area contributed by atoms with Crippen molar-refractivity contribution in [3.05, 3.63) is 49.3 Å². The number of hydrogen-bond acceptors (Lipinski definition) is 4. The molecular weight excluding hydrogens is 181 g/mol. The highest BCUT2D eigenvalue weighted by atomic mass is 16.4. The summed E-state index contributed by atoms with van der Waals surface area (Å²) < 4.78 is 0. The van der Waals surface area contributed by atoms with Gasteiger partial charge < -0.3 is 15.0 Å². The van der Waals surface area contributed by atoms with E-state index in [4.69, 9.17) is 10.0 Å². The van der Waals surface area contributed by atoms with Crippen LogP contribution in [0.25, 0.3) is 0 Å². The van der Waals surface area contributed by atoms with Crippen LogP contribution in [0.4, 0.5) is 0 Å². The van der Waals surface area contributed by atoms with Crippen LogP contribution in [0.2, 0.25) is 0 Å². The zero-order valence-electron chi connectivity index (χ0n) is 7.61.